The Morgan fingerprint density at radius 3 is 2.83 bits per heavy atom. The number of aliphatic hydroxyl groups is 3. The van der Waals surface area contributed by atoms with Gasteiger partial charge in [-0.25, -0.2) is 0 Å². The molecule has 2 heterocycles. The van der Waals surface area contributed by atoms with E-state index in [-0.39, 0.29) is 48.7 Å². The highest BCUT2D eigenvalue weighted by Crippen LogP contribution is 2.42. The molecule has 2 aliphatic carbocycles. The van der Waals surface area contributed by atoms with Crippen molar-refractivity contribution in [2.45, 2.75) is 114 Å². The molecule has 11 heteroatoms. The van der Waals surface area contributed by atoms with E-state index in [2.05, 4.69) is 27.5 Å². The zero-order chi connectivity index (χ0) is 32.8. The monoisotopic (exact) mass is 638 g/mol. The number of fused-ring (bicyclic) bond motifs is 5. The van der Waals surface area contributed by atoms with Gasteiger partial charge in [-0.15, -0.1) is 0 Å². The van der Waals surface area contributed by atoms with Crippen LogP contribution in [0, 0.1) is 29.1 Å². The number of piperidine rings is 1. The number of nitrogens with two attached hydrogens (primary N) is 1. The molecule has 9 atom stereocenters. The Labute approximate surface area is 271 Å². The van der Waals surface area contributed by atoms with Crippen LogP contribution in [0.2, 0.25) is 0 Å². The van der Waals surface area contributed by atoms with E-state index in [0.717, 1.165) is 37.8 Å². The highest BCUT2D eigenvalue weighted by Gasteiger charge is 2.46. The van der Waals surface area contributed by atoms with Crippen molar-refractivity contribution in [3.63, 3.8) is 0 Å². The number of hydrogen-bond acceptors (Lipinski definition) is 9. The lowest BCUT2D eigenvalue weighted by molar-refractivity contribution is -0.152. The maximum atomic E-state index is 12.5. The van der Waals surface area contributed by atoms with Crippen molar-refractivity contribution in [1.29, 1.82) is 0 Å². The van der Waals surface area contributed by atoms with Gasteiger partial charge in [0, 0.05) is 38.3 Å². The van der Waals surface area contributed by atoms with E-state index in [1.54, 1.807) is 19.2 Å². The van der Waals surface area contributed by atoms with Gasteiger partial charge in [-0.05, 0) is 81.2 Å². The first kappa shape index (κ1) is 34.0. The van der Waals surface area contributed by atoms with Crippen molar-refractivity contribution in [2.75, 3.05) is 13.6 Å². The van der Waals surface area contributed by atoms with Crippen LogP contribution in [-0.2, 0) is 22.6 Å². The summed E-state index contributed by atoms with van der Waals surface area (Å²) in [5, 5.41) is 51.0. The summed E-state index contributed by atoms with van der Waals surface area (Å²) in [5.41, 5.74) is 6.48. The highest BCUT2D eigenvalue weighted by atomic mass is 16.5. The third-order valence-electron chi connectivity index (χ3n) is 10.3. The number of nitrogens with one attached hydrogen (secondary N) is 2. The molecule has 252 valence electrons. The number of aliphatic hydroxyl groups excluding tert-OH is 3. The third-order valence-corrected chi connectivity index (χ3v) is 10.3. The predicted molar refractivity (Wildman–Crippen MR) is 174 cm³/mol. The molecule has 1 fully saturated rings. The fourth-order valence-electron chi connectivity index (χ4n) is 7.74. The number of aliphatic imine (C=N–C) groups is 1. The van der Waals surface area contributed by atoms with Crippen molar-refractivity contribution in [3.8, 4) is 23.3 Å². The molecule has 0 amide bonds. The fraction of sp³-hybridized carbons (Fsp3) is 0.657. The molecule has 2 aliphatic heterocycles. The van der Waals surface area contributed by atoms with E-state index in [0.29, 0.717) is 43.4 Å². The van der Waals surface area contributed by atoms with Gasteiger partial charge in [-0.1, -0.05) is 30.4 Å². The maximum Gasteiger partial charge on any atom is 0.302 e. The Bertz CT molecular complexity index is 1360. The smallest absolute Gasteiger partial charge is 0.302 e. The summed E-state index contributed by atoms with van der Waals surface area (Å²) >= 11 is 0. The number of aromatic hydroxyl groups is 1. The molecule has 46 heavy (non-hydrogen) atoms. The average molecular weight is 639 g/mol. The van der Waals surface area contributed by atoms with Gasteiger partial charge in [-0.3, -0.25) is 9.79 Å². The van der Waals surface area contributed by atoms with Crippen LogP contribution in [0.1, 0.15) is 75.8 Å². The predicted octanol–water partition coefficient (Wildman–Crippen LogP) is 2.03. The Hall–Kier alpha value is -3.30. The number of carbonyl (C=O) groups excluding carboxylic acids is 1. The van der Waals surface area contributed by atoms with Crippen LogP contribution < -0.4 is 21.1 Å². The van der Waals surface area contributed by atoms with Crippen molar-refractivity contribution < 1.29 is 34.7 Å². The first-order chi connectivity index (χ1) is 22.1. The van der Waals surface area contributed by atoms with E-state index in [4.69, 9.17) is 15.2 Å². The molecule has 1 aromatic rings. The standard InChI is InChI=1S/C35H50N4O7/c1-21(41)45-30-19-26(42)10-13-35(32(39-34(36)37-2)7-4-8-33(35)44)12-9-22-5-3-6-25-18-27(11-14-38-25)46-31-17-23(15-28(22)30)24(20-40)16-29(31)43/h4,7,16-17,22,25-28,30,32-33,38,40,42-44H,3,5-6,8,10-11,13-15,18-20H2,1-2H3,(H3,36,37,39)/t22-,25+,26+,27+,28+,30-,32-,33-,35+/m1/s1. The number of hydrogen-bond donors (Lipinski definition) is 7. The molecule has 4 bridgehead atoms. The molecule has 8 N–H and O–H groups in total. The summed E-state index contributed by atoms with van der Waals surface area (Å²) in [6.45, 7) is 1.89. The lowest BCUT2D eigenvalue weighted by Crippen LogP contribution is -2.55. The second kappa shape index (κ2) is 15.1. The number of carbonyl (C=O) groups is 1. The Morgan fingerprint density at radius 2 is 2.07 bits per heavy atom. The number of guanidine groups is 1. The number of nitrogens with zero attached hydrogens (tertiary/aromatic N) is 1. The molecule has 0 radical (unpaired) electrons. The van der Waals surface area contributed by atoms with Crippen LogP contribution in [0.4, 0.5) is 0 Å². The van der Waals surface area contributed by atoms with Crippen molar-refractivity contribution >= 4 is 11.9 Å². The summed E-state index contributed by atoms with van der Waals surface area (Å²) < 4.78 is 12.3. The van der Waals surface area contributed by atoms with Crippen LogP contribution in [0.25, 0.3) is 0 Å². The second-order valence-corrected chi connectivity index (χ2v) is 13.4. The van der Waals surface area contributed by atoms with Crippen molar-refractivity contribution in [2.24, 2.45) is 28.0 Å². The second-order valence-electron chi connectivity index (χ2n) is 13.4. The summed E-state index contributed by atoms with van der Waals surface area (Å²) in [6.07, 6.45) is 7.29. The molecule has 0 aromatic heterocycles. The first-order valence-electron chi connectivity index (χ1n) is 16.7. The van der Waals surface area contributed by atoms with Gasteiger partial charge in [0.2, 0.25) is 0 Å². The van der Waals surface area contributed by atoms with Gasteiger partial charge < -0.3 is 46.3 Å². The molecule has 1 saturated heterocycles. The van der Waals surface area contributed by atoms with E-state index in [1.165, 1.54) is 6.92 Å². The van der Waals surface area contributed by atoms with Crippen LogP contribution >= 0.6 is 0 Å². The van der Waals surface area contributed by atoms with E-state index in [9.17, 15) is 25.2 Å². The molecule has 5 rings (SSSR count). The van der Waals surface area contributed by atoms with Gasteiger partial charge in [-0.2, -0.15) is 0 Å². The largest absolute Gasteiger partial charge is 0.504 e. The number of rotatable bonds is 3. The minimum absolute atomic E-state index is 0.0262. The number of benzene rings is 1. The zero-order valence-electron chi connectivity index (χ0n) is 27.0. The number of phenols is 1. The normalized spacial score (nSPS) is 35.1. The zero-order valence-corrected chi connectivity index (χ0v) is 27.0. The van der Waals surface area contributed by atoms with E-state index in [1.807, 2.05) is 12.2 Å². The maximum absolute atomic E-state index is 12.5. The third kappa shape index (κ3) is 7.80. The Balaban J connectivity index is 1.65. The number of phenolic OH excluding ortho intramolecular Hbond substituents is 1. The average Bonchev–Trinajstić information content (AvgIpc) is 3.03. The first-order valence-corrected chi connectivity index (χ1v) is 16.7. The Morgan fingerprint density at radius 1 is 1.24 bits per heavy atom. The van der Waals surface area contributed by atoms with E-state index < -0.39 is 35.7 Å². The molecule has 0 saturated carbocycles. The van der Waals surface area contributed by atoms with E-state index >= 15 is 0 Å². The SMILES string of the molecule is CN=C(N)N[C@@H]1C=CC[C@@H](O)[C@]12C#C[C@H]1CCC[C@H]3C[C@H](CCN3)Oc3cc(c(CO)cc3O)C[C@@H]1[C@H](OC(C)=O)C[C@@H](O)CC2. The number of esters is 1. The van der Waals surface area contributed by atoms with Crippen LogP contribution in [-0.4, -0.2) is 82.4 Å². The molecular formula is C35H50N4O7. The molecule has 0 unspecified atom stereocenters. The molecule has 11 nitrogen and oxygen atoms in total. The summed E-state index contributed by atoms with van der Waals surface area (Å²) in [7, 11) is 1.59. The van der Waals surface area contributed by atoms with Crippen LogP contribution in [0.3, 0.4) is 0 Å². The van der Waals surface area contributed by atoms with Crippen LogP contribution in [0.5, 0.6) is 11.5 Å². The van der Waals surface area contributed by atoms with Gasteiger partial charge >= 0.3 is 5.97 Å². The summed E-state index contributed by atoms with van der Waals surface area (Å²) in [5.74, 6) is 6.62. The minimum atomic E-state index is -0.945. The molecule has 4 aliphatic rings. The van der Waals surface area contributed by atoms with Crippen molar-refractivity contribution in [3.05, 3.63) is 35.4 Å². The topological polar surface area (TPSA) is 179 Å². The lowest BCUT2D eigenvalue weighted by Gasteiger charge is -2.43. The molecule has 1 aromatic carbocycles. The molecule has 1 spiro atoms. The van der Waals surface area contributed by atoms with Gasteiger partial charge in [0.25, 0.3) is 0 Å². The van der Waals surface area contributed by atoms with Crippen LogP contribution in [0.15, 0.2) is 29.3 Å². The summed E-state index contributed by atoms with van der Waals surface area (Å²) in [4.78, 5) is 16.6. The fourth-order valence-corrected chi connectivity index (χ4v) is 7.74. The van der Waals surface area contributed by atoms with Gasteiger partial charge in [0.15, 0.2) is 17.5 Å². The quantitative estimate of drug-likeness (QED) is 0.0852. The molecular weight excluding hydrogens is 588 g/mol. The lowest BCUT2D eigenvalue weighted by atomic mass is 9.66. The number of ether oxygens (including phenoxy) is 2. The van der Waals surface area contributed by atoms with Crippen molar-refractivity contribution in [1.82, 2.24) is 10.6 Å². The van der Waals surface area contributed by atoms with Gasteiger partial charge in [0.1, 0.15) is 12.2 Å². The van der Waals surface area contributed by atoms with Gasteiger partial charge in [0.05, 0.1) is 30.3 Å². The Kier molecular flexibility index (Phi) is 11.2. The minimum Gasteiger partial charge on any atom is -0.504 e. The summed E-state index contributed by atoms with van der Waals surface area (Å²) in [6, 6.07) is 3.15. The highest BCUT2D eigenvalue weighted by molar-refractivity contribution is 5.78.